The van der Waals surface area contributed by atoms with Gasteiger partial charge in [-0.25, -0.2) is 21.8 Å². The van der Waals surface area contributed by atoms with E-state index in [2.05, 4.69) is 15.0 Å². The number of carbonyl (C=O) groups is 1. The molecule has 0 aliphatic carbocycles. The molecule has 1 amide bonds. The molecule has 3 aromatic carbocycles. The summed E-state index contributed by atoms with van der Waals surface area (Å²) in [5.74, 6) is -0.160. The summed E-state index contributed by atoms with van der Waals surface area (Å²) >= 11 is 0. The lowest BCUT2D eigenvalue weighted by Gasteiger charge is -2.34. The van der Waals surface area contributed by atoms with E-state index < -0.39 is 32.1 Å². The second-order valence-corrected chi connectivity index (χ2v) is 12.3. The second kappa shape index (κ2) is 10.4. The minimum absolute atomic E-state index is 0.0237. The number of nitrogens with zero attached hydrogens (tertiary/aromatic N) is 2. The van der Waals surface area contributed by atoms with Crippen LogP contribution in [0.2, 0.25) is 0 Å². The van der Waals surface area contributed by atoms with Gasteiger partial charge in [-0.2, -0.15) is 0 Å². The van der Waals surface area contributed by atoms with E-state index in [9.17, 15) is 21.6 Å². The first-order chi connectivity index (χ1) is 18.6. The van der Waals surface area contributed by atoms with E-state index in [1.807, 2.05) is 6.92 Å². The number of aromatic nitrogens is 1. The minimum atomic E-state index is -3.98. The monoisotopic (exact) mass is 564 g/mol. The topological polar surface area (TPSA) is 135 Å². The molecule has 0 spiro atoms. The number of ether oxygens (including phenoxy) is 1. The van der Waals surface area contributed by atoms with Gasteiger partial charge in [0.1, 0.15) is 11.6 Å². The lowest BCUT2D eigenvalue weighted by Crippen LogP contribution is -2.48. The van der Waals surface area contributed by atoms with Crippen molar-refractivity contribution >= 4 is 43.1 Å². The lowest BCUT2D eigenvalue weighted by molar-refractivity contribution is -0.122. The van der Waals surface area contributed by atoms with Crippen LogP contribution in [-0.4, -0.2) is 40.4 Å². The van der Waals surface area contributed by atoms with Crippen molar-refractivity contribution in [1.82, 2.24) is 4.98 Å². The zero-order valence-electron chi connectivity index (χ0n) is 20.7. The zero-order valence-corrected chi connectivity index (χ0v) is 22.3. The van der Waals surface area contributed by atoms with Crippen molar-refractivity contribution < 1.29 is 26.4 Å². The summed E-state index contributed by atoms with van der Waals surface area (Å²) in [5, 5.41) is 2.68. The van der Waals surface area contributed by atoms with Crippen molar-refractivity contribution in [2.75, 3.05) is 20.9 Å². The number of fused-ring (bicyclic) bond motifs is 1. The number of hydrogen-bond donors (Lipinski definition) is 2. The first-order valence-electron chi connectivity index (χ1n) is 11.8. The van der Waals surface area contributed by atoms with Gasteiger partial charge in [-0.15, -0.1) is 0 Å². The standard InChI is InChI=1S/C27H24N4O6S2/c1-19-9-13-22(14-10-19)39(35,36)31-18-25(37-24-7-3-2-6-23(24)31)27(32)29-20-11-15-21(16-12-20)38(33,34)30-26-8-4-5-17-28-26/h2-17,25H,18H2,1H3,(H,28,30)(H,29,32). The molecule has 1 unspecified atom stereocenters. The van der Waals surface area contributed by atoms with E-state index in [-0.39, 0.29) is 27.9 Å². The summed E-state index contributed by atoms with van der Waals surface area (Å²) in [6.07, 6.45) is 0.310. The summed E-state index contributed by atoms with van der Waals surface area (Å²) in [5.41, 5.74) is 1.56. The SMILES string of the molecule is Cc1ccc(S(=O)(=O)N2CC(C(=O)Nc3ccc(S(=O)(=O)Nc4ccccn4)cc3)Oc3ccccc32)cc1. The van der Waals surface area contributed by atoms with Gasteiger partial charge < -0.3 is 10.1 Å². The number of sulfonamides is 2. The van der Waals surface area contributed by atoms with Gasteiger partial charge >= 0.3 is 0 Å². The molecule has 0 saturated heterocycles. The number of anilines is 3. The van der Waals surface area contributed by atoms with E-state index in [1.54, 1.807) is 48.5 Å². The lowest BCUT2D eigenvalue weighted by atomic mass is 10.2. The third kappa shape index (κ3) is 5.56. The Balaban J connectivity index is 1.34. The van der Waals surface area contributed by atoms with Crippen LogP contribution in [0.1, 0.15) is 5.56 Å². The molecule has 2 heterocycles. The molecule has 5 rings (SSSR count). The largest absolute Gasteiger partial charge is 0.476 e. The van der Waals surface area contributed by atoms with Gasteiger partial charge in [0, 0.05) is 11.9 Å². The van der Waals surface area contributed by atoms with Crippen LogP contribution < -0.4 is 19.1 Å². The maximum atomic E-state index is 13.5. The molecule has 0 radical (unpaired) electrons. The Hall–Kier alpha value is -4.42. The van der Waals surface area contributed by atoms with Gasteiger partial charge in [-0.05, 0) is 67.6 Å². The molecular weight excluding hydrogens is 540 g/mol. The minimum Gasteiger partial charge on any atom is -0.476 e. The fraction of sp³-hybridized carbons (Fsp3) is 0.111. The van der Waals surface area contributed by atoms with Crippen LogP contribution in [0.5, 0.6) is 5.75 Å². The van der Waals surface area contributed by atoms with Crippen LogP contribution >= 0.6 is 0 Å². The molecule has 10 nitrogen and oxygen atoms in total. The highest BCUT2D eigenvalue weighted by Crippen LogP contribution is 2.37. The zero-order chi connectivity index (χ0) is 27.6. The molecule has 4 aromatic rings. The third-order valence-electron chi connectivity index (χ3n) is 5.97. The van der Waals surface area contributed by atoms with E-state index in [0.29, 0.717) is 11.4 Å². The Bertz CT molecular complexity index is 1710. The van der Waals surface area contributed by atoms with E-state index >= 15 is 0 Å². The number of rotatable bonds is 7. The molecule has 0 fully saturated rings. The summed E-state index contributed by atoms with van der Waals surface area (Å²) in [4.78, 5) is 17.2. The average molecular weight is 565 g/mol. The molecule has 39 heavy (non-hydrogen) atoms. The van der Waals surface area contributed by atoms with Crippen molar-refractivity contribution in [1.29, 1.82) is 0 Å². The number of nitrogens with one attached hydrogen (secondary N) is 2. The number of hydrogen-bond acceptors (Lipinski definition) is 7. The quantitative estimate of drug-likeness (QED) is 0.349. The number of para-hydroxylation sites is 2. The number of benzene rings is 3. The molecule has 1 aliphatic rings. The maximum absolute atomic E-state index is 13.5. The fourth-order valence-electron chi connectivity index (χ4n) is 3.96. The van der Waals surface area contributed by atoms with Crippen LogP contribution in [0.15, 0.2) is 107 Å². The Morgan fingerprint density at radius 3 is 2.23 bits per heavy atom. The Morgan fingerprint density at radius 2 is 1.54 bits per heavy atom. The van der Waals surface area contributed by atoms with E-state index in [1.165, 1.54) is 53.0 Å². The van der Waals surface area contributed by atoms with Crippen LogP contribution in [0.4, 0.5) is 17.2 Å². The molecule has 1 aromatic heterocycles. The van der Waals surface area contributed by atoms with Crippen molar-refractivity contribution in [3.63, 3.8) is 0 Å². The molecule has 1 aliphatic heterocycles. The van der Waals surface area contributed by atoms with Gasteiger partial charge in [0.05, 0.1) is 22.0 Å². The van der Waals surface area contributed by atoms with Crippen molar-refractivity contribution in [2.24, 2.45) is 0 Å². The van der Waals surface area contributed by atoms with Crippen LogP contribution in [0.3, 0.4) is 0 Å². The summed E-state index contributed by atoms with van der Waals surface area (Å²) in [7, 11) is -7.87. The molecule has 0 saturated carbocycles. The highest BCUT2D eigenvalue weighted by Gasteiger charge is 2.37. The molecule has 12 heteroatoms. The van der Waals surface area contributed by atoms with Crippen molar-refractivity contribution in [2.45, 2.75) is 22.8 Å². The van der Waals surface area contributed by atoms with Crippen molar-refractivity contribution in [3.8, 4) is 5.75 Å². The smallest absolute Gasteiger partial charge is 0.267 e. The number of aryl methyl sites for hydroxylation is 1. The van der Waals surface area contributed by atoms with Gasteiger partial charge in [0.2, 0.25) is 0 Å². The van der Waals surface area contributed by atoms with Gasteiger partial charge in [0.25, 0.3) is 26.0 Å². The normalized spacial score (nSPS) is 15.1. The first-order valence-corrected chi connectivity index (χ1v) is 14.8. The van der Waals surface area contributed by atoms with Crippen molar-refractivity contribution in [3.05, 3.63) is 103 Å². The van der Waals surface area contributed by atoms with Crippen LogP contribution in [-0.2, 0) is 24.8 Å². The summed E-state index contributed by atoms with van der Waals surface area (Å²) in [6, 6.07) is 23.5. The van der Waals surface area contributed by atoms with Crippen LogP contribution in [0.25, 0.3) is 0 Å². The summed E-state index contributed by atoms with van der Waals surface area (Å²) < 4.78 is 61.7. The number of carbonyl (C=O) groups excluding carboxylic acids is 1. The highest BCUT2D eigenvalue weighted by molar-refractivity contribution is 7.93. The second-order valence-electron chi connectivity index (χ2n) is 8.76. The Morgan fingerprint density at radius 1 is 0.872 bits per heavy atom. The fourth-order valence-corrected chi connectivity index (χ4v) is 6.45. The number of amides is 1. The van der Waals surface area contributed by atoms with Gasteiger partial charge in [-0.3, -0.25) is 13.8 Å². The predicted octanol–water partition coefficient (Wildman–Crippen LogP) is 3.79. The van der Waals surface area contributed by atoms with Gasteiger partial charge in [-0.1, -0.05) is 35.9 Å². The van der Waals surface area contributed by atoms with E-state index in [0.717, 1.165) is 5.56 Å². The molecular formula is C27H24N4O6S2. The molecule has 200 valence electrons. The Kier molecular flexibility index (Phi) is 6.98. The average Bonchev–Trinajstić information content (AvgIpc) is 2.93. The summed E-state index contributed by atoms with van der Waals surface area (Å²) in [6.45, 7) is 1.61. The maximum Gasteiger partial charge on any atom is 0.267 e. The predicted molar refractivity (Wildman–Crippen MR) is 147 cm³/mol. The highest BCUT2D eigenvalue weighted by atomic mass is 32.2. The molecule has 2 N–H and O–H groups in total. The molecule has 1 atom stereocenters. The third-order valence-corrected chi connectivity index (χ3v) is 9.14. The van der Waals surface area contributed by atoms with Crippen LogP contribution in [0, 0.1) is 6.92 Å². The molecule has 0 bridgehead atoms. The number of pyridine rings is 1. The Labute approximate surface area is 226 Å². The van der Waals surface area contributed by atoms with E-state index in [4.69, 9.17) is 4.74 Å². The van der Waals surface area contributed by atoms with Gasteiger partial charge in [0.15, 0.2) is 6.10 Å². The first kappa shape index (κ1) is 26.2.